The zero-order chi connectivity index (χ0) is 24.6. The van der Waals surface area contributed by atoms with Crippen molar-refractivity contribution in [3.05, 3.63) is 75.9 Å². The number of piperidine rings is 1. The summed E-state index contributed by atoms with van der Waals surface area (Å²) in [6, 6.07) is 13.7. The molecule has 1 aliphatic carbocycles. The molecule has 2 heterocycles. The van der Waals surface area contributed by atoms with Crippen molar-refractivity contribution >= 4 is 43.6 Å². The van der Waals surface area contributed by atoms with Gasteiger partial charge in [0.2, 0.25) is 10.0 Å². The number of cyclic esters (lactones) is 1. The fourth-order valence-corrected chi connectivity index (χ4v) is 6.64. The minimum atomic E-state index is -3.66. The van der Waals surface area contributed by atoms with E-state index in [1.807, 2.05) is 36.4 Å². The molecule has 1 atom stereocenters. The molecule has 184 valence electrons. The Balaban J connectivity index is 1.25. The minimum Gasteiger partial charge on any atom is -0.457 e. The second kappa shape index (κ2) is 9.97. The summed E-state index contributed by atoms with van der Waals surface area (Å²) in [5, 5.41) is 0.742. The van der Waals surface area contributed by atoms with Gasteiger partial charge in [0.05, 0.1) is 4.90 Å². The number of amides is 1. The Morgan fingerprint density at radius 2 is 1.60 bits per heavy atom. The molecule has 3 aliphatic rings. The summed E-state index contributed by atoms with van der Waals surface area (Å²) in [6.07, 6.45) is 5.04. The Kier molecular flexibility index (Phi) is 6.94. The Morgan fingerprint density at radius 1 is 0.971 bits per heavy atom. The molecular formula is C25H24BrClN2O5S. The van der Waals surface area contributed by atoms with Crippen LogP contribution in [0, 0.1) is 5.92 Å². The van der Waals surface area contributed by atoms with Crippen LogP contribution in [-0.2, 0) is 14.8 Å². The number of ether oxygens (including phenoxy) is 2. The van der Waals surface area contributed by atoms with Crippen molar-refractivity contribution in [3.63, 3.8) is 0 Å². The summed E-state index contributed by atoms with van der Waals surface area (Å²) in [4.78, 5) is 14.5. The van der Waals surface area contributed by atoms with E-state index in [4.69, 9.17) is 21.1 Å². The van der Waals surface area contributed by atoms with Crippen LogP contribution < -0.4 is 4.74 Å². The first-order valence-corrected chi connectivity index (χ1v) is 14.0. The highest BCUT2D eigenvalue weighted by Gasteiger charge is 2.40. The molecule has 7 nitrogen and oxygen atoms in total. The van der Waals surface area contributed by atoms with E-state index in [-0.39, 0.29) is 22.9 Å². The van der Waals surface area contributed by atoms with Crippen LogP contribution >= 0.6 is 27.5 Å². The lowest BCUT2D eigenvalue weighted by Crippen LogP contribution is -2.52. The number of benzene rings is 2. The number of hydrogen-bond donors (Lipinski definition) is 0. The molecule has 2 aromatic carbocycles. The second-order valence-electron chi connectivity index (χ2n) is 8.72. The summed E-state index contributed by atoms with van der Waals surface area (Å²) in [6.45, 7) is 0.963. The first-order valence-electron chi connectivity index (χ1n) is 11.4. The Labute approximate surface area is 218 Å². The van der Waals surface area contributed by atoms with E-state index in [0.29, 0.717) is 50.5 Å². The summed E-state index contributed by atoms with van der Waals surface area (Å²) in [7, 11) is -3.66. The summed E-state index contributed by atoms with van der Waals surface area (Å²) >= 11 is 9.55. The predicted molar refractivity (Wildman–Crippen MR) is 136 cm³/mol. The first kappa shape index (κ1) is 24.4. The molecule has 1 unspecified atom stereocenters. The molecule has 2 aliphatic heterocycles. The van der Waals surface area contributed by atoms with Crippen LogP contribution in [0.3, 0.4) is 0 Å². The molecule has 35 heavy (non-hydrogen) atoms. The fourth-order valence-electron chi connectivity index (χ4n) is 4.66. The van der Waals surface area contributed by atoms with Crippen LogP contribution in [0.15, 0.2) is 80.8 Å². The molecule has 0 radical (unpaired) electrons. The van der Waals surface area contributed by atoms with Gasteiger partial charge in [0, 0.05) is 40.3 Å². The molecule has 2 saturated heterocycles. The topological polar surface area (TPSA) is 76.2 Å². The number of rotatable bonds is 5. The monoisotopic (exact) mass is 578 g/mol. The summed E-state index contributed by atoms with van der Waals surface area (Å²) in [5.41, 5.74) is 0.910. The van der Waals surface area contributed by atoms with Gasteiger partial charge in [0.15, 0.2) is 0 Å². The van der Waals surface area contributed by atoms with Gasteiger partial charge in [-0.15, -0.1) is 0 Å². The molecule has 2 aromatic rings. The van der Waals surface area contributed by atoms with Crippen molar-refractivity contribution < 1.29 is 22.7 Å². The molecule has 0 aromatic heterocycles. The molecule has 0 bridgehead atoms. The summed E-state index contributed by atoms with van der Waals surface area (Å²) in [5.74, 6) is 1.26. The van der Waals surface area contributed by atoms with E-state index < -0.39 is 10.0 Å². The predicted octanol–water partition coefficient (Wildman–Crippen LogP) is 5.87. The van der Waals surface area contributed by atoms with Crippen molar-refractivity contribution in [1.29, 1.82) is 0 Å². The standard InChI is InChI=1S/C25H24BrClN2O5S/c26-18-1-4-21(5-2-18)34-22-6-8-23(9-7-22)35(31,32)28-13-11-20(12-14-28)29-24-10-3-19(27)15-17(24)16-33-25(29)30/h1-10,17,20H,11-16H2. The zero-order valence-corrected chi connectivity index (χ0v) is 21.9. The minimum absolute atomic E-state index is 0.0464. The van der Waals surface area contributed by atoms with Gasteiger partial charge in [0.1, 0.15) is 18.1 Å². The molecule has 1 amide bonds. The van der Waals surface area contributed by atoms with E-state index in [2.05, 4.69) is 15.9 Å². The maximum absolute atomic E-state index is 13.2. The number of fused-ring (bicyclic) bond motifs is 1. The number of allylic oxidation sites excluding steroid dienone is 3. The highest BCUT2D eigenvalue weighted by atomic mass is 79.9. The van der Waals surface area contributed by atoms with Crippen molar-refractivity contribution in [2.45, 2.75) is 30.2 Å². The third-order valence-electron chi connectivity index (χ3n) is 6.48. The summed E-state index contributed by atoms with van der Waals surface area (Å²) < 4.78 is 40.1. The van der Waals surface area contributed by atoms with Crippen molar-refractivity contribution in [2.24, 2.45) is 5.92 Å². The van der Waals surface area contributed by atoms with E-state index >= 15 is 0 Å². The maximum atomic E-state index is 13.2. The smallest absolute Gasteiger partial charge is 0.414 e. The number of sulfonamides is 1. The second-order valence-corrected chi connectivity index (χ2v) is 12.1. The maximum Gasteiger partial charge on any atom is 0.414 e. The van der Waals surface area contributed by atoms with Crippen LogP contribution in [0.4, 0.5) is 4.79 Å². The lowest BCUT2D eigenvalue weighted by atomic mass is 9.92. The molecule has 2 fully saturated rings. The Hall–Kier alpha value is -2.33. The third kappa shape index (κ3) is 5.14. The van der Waals surface area contributed by atoms with Crippen molar-refractivity contribution in [1.82, 2.24) is 9.21 Å². The van der Waals surface area contributed by atoms with E-state index in [1.165, 1.54) is 4.31 Å². The number of hydrogen-bond acceptors (Lipinski definition) is 5. The molecular weight excluding hydrogens is 556 g/mol. The number of halogens is 2. The van der Waals surface area contributed by atoms with Crippen LogP contribution in [0.1, 0.15) is 19.3 Å². The van der Waals surface area contributed by atoms with E-state index in [1.54, 1.807) is 29.2 Å². The Morgan fingerprint density at radius 3 is 2.26 bits per heavy atom. The van der Waals surface area contributed by atoms with E-state index in [0.717, 1.165) is 15.2 Å². The van der Waals surface area contributed by atoms with Gasteiger partial charge < -0.3 is 9.47 Å². The normalized spacial score (nSPS) is 21.6. The Bertz CT molecular complexity index is 1270. The molecule has 0 spiro atoms. The largest absolute Gasteiger partial charge is 0.457 e. The number of nitrogens with zero attached hydrogens (tertiary/aromatic N) is 2. The molecule has 0 saturated carbocycles. The molecule has 5 rings (SSSR count). The average Bonchev–Trinajstić information content (AvgIpc) is 2.86. The molecule has 0 N–H and O–H groups in total. The SMILES string of the molecule is O=C1OCC2CC(Cl)=CC=C2N1C1CCN(S(=O)(=O)c2ccc(Oc3ccc(Br)cc3)cc2)CC1. The van der Waals surface area contributed by atoms with Crippen LogP contribution in [0.5, 0.6) is 11.5 Å². The average molecular weight is 580 g/mol. The van der Waals surface area contributed by atoms with Crippen molar-refractivity contribution in [2.75, 3.05) is 19.7 Å². The number of carbonyl (C=O) groups excluding carboxylic acids is 1. The van der Waals surface area contributed by atoms with Gasteiger partial charge in [-0.25, -0.2) is 13.2 Å². The lowest BCUT2D eigenvalue weighted by molar-refractivity contribution is 0.0440. The third-order valence-corrected chi connectivity index (χ3v) is 9.20. The lowest BCUT2D eigenvalue weighted by Gasteiger charge is -2.43. The number of carbonyl (C=O) groups is 1. The van der Waals surface area contributed by atoms with Crippen LogP contribution in [-0.4, -0.2) is 49.5 Å². The molecule has 10 heteroatoms. The van der Waals surface area contributed by atoms with E-state index in [9.17, 15) is 13.2 Å². The van der Waals surface area contributed by atoms with Crippen LogP contribution in [0.25, 0.3) is 0 Å². The van der Waals surface area contributed by atoms with Crippen molar-refractivity contribution in [3.8, 4) is 11.5 Å². The van der Waals surface area contributed by atoms with Gasteiger partial charge >= 0.3 is 6.09 Å². The zero-order valence-electron chi connectivity index (χ0n) is 18.8. The van der Waals surface area contributed by atoms with Crippen LogP contribution in [0.2, 0.25) is 0 Å². The van der Waals surface area contributed by atoms with Gasteiger partial charge in [-0.3, -0.25) is 4.90 Å². The first-order chi connectivity index (χ1) is 16.8. The highest BCUT2D eigenvalue weighted by molar-refractivity contribution is 9.10. The highest BCUT2D eigenvalue weighted by Crippen LogP contribution is 2.37. The van der Waals surface area contributed by atoms with Gasteiger partial charge in [-0.1, -0.05) is 27.5 Å². The van der Waals surface area contributed by atoms with Gasteiger partial charge in [-0.05, 0) is 79.9 Å². The fraction of sp³-hybridized carbons (Fsp3) is 0.320. The van der Waals surface area contributed by atoms with Gasteiger partial charge in [-0.2, -0.15) is 4.31 Å². The van der Waals surface area contributed by atoms with Gasteiger partial charge in [0.25, 0.3) is 0 Å². The quantitative estimate of drug-likeness (QED) is 0.443.